The van der Waals surface area contributed by atoms with Crippen LogP contribution in [0.3, 0.4) is 0 Å². The van der Waals surface area contributed by atoms with E-state index in [1.54, 1.807) is 63.5 Å². The van der Waals surface area contributed by atoms with Crippen LogP contribution >= 0.6 is 0 Å². The molecule has 2 N–H and O–H groups in total. The van der Waals surface area contributed by atoms with E-state index in [1.165, 1.54) is 16.9 Å². The number of anilines is 3. The molecular weight excluding hydrogens is 496 g/mol. The fourth-order valence-corrected chi connectivity index (χ4v) is 4.21. The zero-order valence-corrected chi connectivity index (χ0v) is 22.3. The van der Waals surface area contributed by atoms with Crippen LogP contribution in [0, 0.1) is 0 Å². The van der Waals surface area contributed by atoms with Crippen molar-refractivity contribution in [2.45, 2.75) is 13.3 Å². The molecule has 4 rings (SSSR count). The van der Waals surface area contributed by atoms with E-state index >= 15 is 0 Å². The van der Waals surface area contributed by atoms with Gasteiger partial charge in [-0.3, -0.25) is 14.4 Å². The van der Waals surface area contributed by atoms with E-state index in [1.807, 2.05) is 30.3 Å². The number of benzene rings is 3. The SMILES string of the molecule is CCC(=O)N(CC(=O)N(C)C)c1ccc(N/C(=C2/C(=O)Nc3cc(C(=O)OC)ccc32)c2ccccc2)cc1. The predicted octanol–water partition coefficient (Wildman–Crippen LogP) is 4.24. The van der Waals surface area contributed by atoms with Crippen molar-refractivity contribution in [3.8, 4) is 0 Å². The number of nitrogens with one attached hydrogen (secondary N) is 2. The van der Waals surface area contributed by atoms with Gasteiger partial charge in [0.25, 0.3) is 5.91 Å². The predicted molar refractivity (Wildman–Crippen MR) is 151 cm³/mol. The van der Waals surface area contributed by atoms with Crippen molar-refractivity contribution in [3.05, 3.63) is 89.5 Å². The molecule has 3 aromatic carbocycles. The number of fused-ring (bicyclic) bond motifs is 1. The van der Waals surface area contributed by atoms with Gasteiger partial charge >= 0.3 is 5.97 Å². The first kappa shape index (κ1) is 27.1. The van der Waals surface area contributed by atoms with Gasteiger partial charge in [-0.25, -0.2) is 4.79 Å². The van der Waals surface area contributed by atoms with Crippen molar-refractivity contribution in [3.63, 3.8) is 0 Å². The fraction of sp³-hybridized carbons (Fsp3) is 0.200. The standard InChI is InChI=1S/C30H30N4O5/c1-5-25(35)34(18-26(36)33(2)3)22-14-12-21(13-15-22)31-28(19-9-7-6-8-10-19)27-23-16-11-20(30(38)39-4)17-24(23)32-29(27)37/h6-17,31H,5,18H2,1-4H3,(H,32,37)/b28-27+. The highest BCUT2D eigenvalue weighted by atomic mass is 16.5. The Hall–Kier alpha value is -4.92. The molecule has 0 atom stereocenters. The lowest BCUT2D eigenvalue weighted by Crippen LogP contribution is -2.40. The lowest BCUT2D eigenvalue weighted by molar-refractivity contribution is -0.129. The molecule has 0 spiro atoms. The molecule has 0 saturated carbocycles. The highest BCUT2D eigenvalue weighted by Crippen LogP contribution is 2.38. The van der Waals surface area contributed by atoms with Crippen molar-refractivity contribution in [2.24, 2.45) is 0 Å². The Morgan fingerprint density at radius 2 is 1.59 bits per heavy atom. The fourth-order valence-electron chi connectivity index (χ4n) is 4.21. The number of rotatable bonds is 8. The van der Waals surface area contributed by atoms with Gasteiger partial charge in [-0.1, -0.05) is 43.3 Å². The van der Waals surface area contributed by atoms with Gasteiger partial charge < -0.3 is 25.2 Å². The number of hydrogen-bond donors (Lipinski definition) is 2. The molecule has 39 heavy (non-hydrogen) atoms. The van der Waals surface area contributed by atoms with Gasteiger partial charge in [0.1, 0.15) is 6.54 Å². The Bertz CT molecular complexity index is 1450. The van der Waals surface area contributed by atoms with Gasteiger partial charge in [-0.05, 0) is 42.0 Å². The van der Waals surface area contributed by atoms with E-state index in [0.29, 0.717) is 39.5 Å². The van der Waals surface area contributed by atoms with Crippen LogP contribution < -0.4 is 15.5 Å². The maximum atomic E-state index is 13.2. The Labute approximate surface area is 227 Å². The number of likely N-dealkylation sites (N-methyl/N-ethyl adjacent to an activating group) is 1. The molecule has 200 valence electrons. The zero-order chi connectivity index (χ0) is 28.1. The minimum absolute atomic E-state index is 0.0592. The van der Waals surface area contributed by atoms with Crippen molar-refractivity contribution in [2.75, 3.05) is 43.3 Å². The van der Waals surface area contributed by atoms with E-state index in [-0.39, 0.29) is 30.7 Å². The first-order valence-corrected chi connectivity index (χ1v) is 12.4. The van der Waals surface area contributed by atoms with Crippen molar-refractivity contribution < 1.29 is 23.9 Å². The molecule has 0 aromatic heterocycles. The van der Waals surface area contributed by atoms with Crippen LogP contribution in [-0.4, -0.2) is 56.3 Å². The summed E-state index contributed by atoms with van der Waals surface area (Å²) in [7, 11) is 4.60. The normalized spacial score (nSPS) is 13.2. The second kappa shape index (κ2) is 11.6. The number of nitrogens with zero attached hydrogens (tertiary/aromatic N) is 2. The van der Waals surface area contributed by atoms with Gasteiger partial charge in [0, 0.05) is 37.5 Å². The summed E-state index contributed by atoms with van der Waals surface area (Å²) in [4.78, 5) is 53.0. The number of methoxy groups -OCH3 is 1. The molecule has 9 nitrogen and oxygen atoms in total. The molecule has 0 bridgehead atoms. The zero-order valence-electron chi connectivity index (χ0n) is 22.3. The summed E-state index contributed by atoms with van der Waals surface area (Å²) in [5.41, 5.74) is 4.57. The molecule has 0 saturated heterocycles. The number of carbonyl (C=O) groups excluding carboxylic acids is 4. The summed E-state index contributed by atoms with van der Waals surface area (Å²) >= 11 is 0. The Balaban J connectivity index is 1.72. The molecule has 0 unspecified atom stereocenters. The van der Waals surface area contributed by atoms with Crippen LogP contribution in [-0.2, 0) is 19.1 Å². The molecule has 1 aliphatic heterocycles. The first-order chi connectivity index (χ1) is 18.7. The summed E-state index contributed by atoms with van der Waals surface area (Å²) < 4.78 is 4.80. The smallest absolute Gasteiger partial charge is 0.337 e. The van der Waals surface area contributed by atoms with Crippen LogP contribution in [0.15, 0.2) is 72.8 Å². The summed E-state index contributed by atoms with van der Waals surface area (Å²) in [5.74, 6) is -1.15. The molecular formula is C30H30N4O5. The van der Waals surface area contributed by atoms with Crippen LogP contribution in [0.1, 0.15) is 34.8 Å². The van der Waals surface area contributed by atoms with Gasteiger partial charge in [-0.2, -0.15) is 0 Å². The van der Waals surface area contributed by atoms with Gasteiger partial charge in [-0.15, -0.1) is 0 Å². The van der Waals surface area contributed by atoms with Gasteiger partial charge in [0.05, 0.1) is 29.6 Å². The topological polar surface area (TPSA) is 108 Å². The van der Waals surface area contributed by atoms with Gasteiger partial charge in [0.2, 0.25) is 11.8 Å². The van der Waals surface area contributed by atoms with Crippen LogP contribution in [0.25, 0.3) is 11.3 Å². The summed E-state index contributed by atoms with van der Waals surface area (Å²) in [5, 5.41) is 6.22. The van der Waals surface area contributed by atoms with E-state index in [0.717, 1.165) is 5.56 Å². The van der Waals surface area contributed by atoms with E-state index < -0.39 is 5.97 Å². The molecule has 9 heteroatoms. The van der Waals surface area contributed by atoms with E-state index in [9.17, 15) is 19.2 Å². The van der Waals surface area contributed by atoms with E-state index in [2.05, 4.69) is 10.6 Å². The average molecular weight is 527 g/mol. The molecule has 0 radical (unpaired) electrons. The minimum atomic E-state index is -0.492. The van der Waals surface area contributed by atoms with Crippen molar-refractivity contribution >= 4 is 52.0 Å². The van der Waals surface area contributed by atoms with Crippen molar-refractivity contribution in [1.82, 2.24) is 4.90 Å². The number of esters is 1. The maximum Gasteiger partial charge on any atom is 0.337 e. The summed E-state index contributed by atoms with van der Waals surface area (Å²) in [6.45, 7) is 1.69. The van der Waals surface area contributed by atoms with Gasteiger partial charge in [0.15, 0.2) is 0 Å². The monoisotopic (exact) mass is 526 g/mol. The summed E-state index contributed by atoms with van der Waals surface area (Å²) in [6.07, 6.45) is 0.261. The second-order valence-electron chi connectivity index (χ2n) is 9.12. The Morgan fingerprint density at radius 1 is 0.897 bits per heavy atom. The van der Waals surface area contributed by atoms with Crippen LogP contribution in [0.2, 0.25) is 0 Å². The maximum absolute atomic E-state index is 13.2. The van der Waals surface area contributed by atoms with Crippen LogP contribution in [0.4, 0.5) is 17.1 Å². The third-order valence-corrected chi connectivity index (χ3v) is 6.34. The lowest BCUT2D eigenvalue weighted by atomic mass is 9.99. The third kappa shape index (κ3) is 5.82. The quantitative estimate of drug-likeness (QED) is 0.336. The summed E-state index contributed by atoms with van der Waals surface area (Å²) in [6, 6.07) is 21.5. The lowest BCUT2D eigenvalue weighted by Gasteiger charge is -2.24. The number of hydrogen-bond acceptors (Lipinski definition) is 6. The molecule has 3 amide bonds. The minimum Gasteiger partial charge on any atom is -0.465 e. The van der Waals surface area contributed by atoms with Crippen LogP contribution in [0.5, 0.6) is 0 Å². The molecule has 1 heterocycles. The molecule has 0 aliphatic carbocycles. The Kier molecular flexibility index (Phi) is 8.10. The first-order valence-electron chi connectivity index (χ1n) is 12.4. The molecule has 1 aliphatic rings. The average Bonchev–Trinajstić information content (AvgIpc) is 3.28. The highest BCUT2D eigenvalue weighted by Gasteiger charge is 2.29. The number of amides is 3. The highest BCUT2D eigenvalue weighted by molar-refractivity contribution is 6.37. The second-order valence-corrected chi connectivity index (χ2v) is 9.12. The van der Waals surface area contributed by atoms with E-state index in [4.69, 9.17) is 4.74 Å². The number of carbonyl (C=O) groups is 4. The number of ether oxygens (including phenoxy) is 1. The largest absolute Gasteiger partial charge is 0.465 e. The van der Waals surface area contributed by atoms with Crippen molar-refractivity contribution in [1.29, 1.82) is 0 Å². The Morgan fingerprint density at radius 3 is 2.21 bits per heavy atom. The molecule has 3 aromatic rings. The third-order valence-electron chi connectivity index (χ3n) is 6.34. The molecule has 0 fully saturated rings.